The second-order valence-corrected chi connectivity index (χ2v) is 4.62. The SMILES string of the molecule is [N]N(N)C(=O)c1nn(Cc2ccccc2F)c2ncccc12. The molecule has 110 valence electrons. The Morgan fingerprint density at radius 3 is 2.82 bits per heavy atom. The van der Waals surface area contributed by atoms with Crippen LogP contribution in [0.25, 0.3) is 11.0 Å². The van der Waals surface area contributed by atoms with E-state index in [1.54, 1.807) is 30.3 Å². The van der Waals surface area contributed by atoms with Crippen molar-refractivity contribution in [2.75, 3.05) is 0 Å². The second-order valence-electron chi connectivity index (χ2n) is 4.62. The van der Waals surface area contributed by atoms with Gasteiger partial charge in [-0.15, -0.1) is 0 Å². The average molecular weight is 298 g/mol. The lowest BCUT2D eigenvalue weighted by molar-refractivity contribution is 0.0735. The zero-order valence-corrected chi connectivity index (χ0v) is 11.3. The Hall–Kier alpha value is -2.84. The molecule has 0 fully saturated rings. The quantitative estimate of drug-likeness (QED) is 0.441. The van der Waals surface area contributed by atoms with Gasteiger partial charge >= 0.3 is 5.91 Å². The number of hydrogen-bond acceptors (Lipinski definition) is 4. The van der Waals surface area contributed by atoms with Crippen LogP contribution >= 0.6 is 0 Å². The van der Waals surface area contributed by atoms with Crippen molar-refractivity contribution in [1.82, 2.24) is 25.7 Å². The van der Waals surface area contributed by atoms with Gasteiger partial charge in [0.15, 0.2) is 11.3 Å². The lowest BCUT2D eigenvalue weighted by Crippen LogP contribution is -2.36. The molecule has 2 N–H and O–H groups in total. The molecular weight excluding hydrogens is 287 g/mol. The first-order valence-electron chi connectivity index (χ1n) is 6.41. The van der Waals surface area contributed by atoms with Gasteiger partial charge in [-0.1, -0.05) is 18.2 Å². The van der Waals surface area contributed by atoms with Gasteiger partial charge in [0, 0.05) is 17.6 Å². The molecule has 0 saturated heterocycles. The number of carbonyl (C=O) groups excluding carboxylic acids is 1. The Kier molecular flexibility index (Phi) is 3.53. The molecule has 0 aliphatic rings. The van der Waals surface area contributed by atoms with E-state index < -0.39 is 5.91 Å². The minimum absolute atomic E-state index is 0.0395. The van der Waals surface area contributed by atoms with E-state index in [9.17, 15) is 9.18 Å². The first kappa shape index (κ1) is 14.1. The van der Waals surface area contributed by atoms with E-state index in [2.05, 4.69) is 10.1 Å². The molecule has 0 aliphatic carbocycles. The number of hydrazine groups is 1. The van der Waals surface area contributed by atoms with E-state index in [0.29, 0.717) is 16.6 Å². The number of benzene rings is 1. The molecule has 0 saturated carbocycles. The summed E-state index contributed by atoms with van der Waals surface area (Å²) in [5.41, 5.74) is 0.755. The van der Waals surface area contributed by atoms with Gasteiger partial charge < -0.3 is 0 Å². The van der Waals surface area contributed by atoms with E-state index >= 15 is 0 Å². The second kappa shape index (κ2) is 5.51. The number of rotatable bonds is 3. The molecule has 1 aromatic carbocycles. The van der Waals surface area contributed by atoms with Gasteiger partial charge in [-0.25, -0.2) is 19.9 Å². The first-order valence-corrected chi connectivity index (χ1v) is 6.41. The van der Waals surface area contributed by atoms with Crippen molar-refractivity contribution < 1.29 is 9.18 Å². The molecule has 2 radical (unpaired) electrons. The van der Waals surface area contributed by atoms with Gasteiger partial charge in [-0.05, 0) is 18.2 Å². The fraction of sp³-hybridized carbons (Fsp3) is 0.0714. The summed E-state index contributed by atoms with van der Waals surface area (Å²) in [7, 11) is 0. The van der Waals surface area contributed by atoms with Crippen LogP contribution in [0, 0.1) is 5.82 Å². The van der Waals surface area contributed by atoms with Crippen LogP contribution in [0.4, 0.5) is 4.39 Å². The van der Waals surface area contributed by atoms with E-state index in [4.69, 9.17) is 11.7 Å². The van der Waals surface area contributed by atoms with Crippen molar-refractivity contribution in [3.05, 3.63) is 59.7 Å². The van der Waals surface area contributed by atoms with Crippen molar-refractivity contribution >= 4 is 16.9 Å². The summed E-state index contributed by atoms with van der Waals surface area (Å²) in [6.45, 7) is 0.101. The monoisotopic (exact) mass is 298 g/mol. The van der Waals surface area contributed by atoms with Gasteiger partial charge in [-0.3, -0.25) is 4.79 Å². The normalized spacial score (nSPS) is 10.9. The van der Waals surface area contributed by atoms with Crippen molar-refractivity contribution in [1.29, 1.82) is 0 Å². The smallest absolute Gasteiger partial charge is 0.264 e. The maximum Gasteiger partial charge on any atom is 0.306 e. The van der Waals surface area contributed by atoms with Gasteiger partial charge in [0.2, 0.25) is 0 Å². The summed E-state index contributed by atoms with van der Waals surface area (Å²) in [6.07, 6.45) is 1.54. The molecule has 0 atom stereocenters. The van der Waals surface area contributed by atoms with Crippen LogP contribution in [0.1, 0.15) is 16.1 Å². The van der Waals surface area contributed by atoms with Crippen molar-refractivity contribution in [3.63, 3.8) is 0 Å². The number of aromatic nitrogens is 3. The van der Waals surface area contributed by atoms with Crippen molar-refractivity contribution in [2.24, 2.45) is 5.84 Å². The van der Waals surface area contributed by atoms with Crippen molar-refractivity contribution in [2.45, 2.75) is 6.54 Å². The zero-order chi connectivity index (χ0) is 15.7. The zero-order valence-electron chi connectivity index (χ0n) is 11.3. The number of nitrogens with two attached hydrogens (primary N) is 1. The van der Waals surface area contributed by atoms with E-state index in [1.165, 1.54) is 16.9 Å². The Bertz CT molecular complexity index is 844. The maximum absolute atomic E-state index is 13.8. The molecule has 3 aromatic rings. The standard InChI is InChI=1S/C14H11FN6O/c15-11-6-2-1-4-9(11)8-20-13-10(5-3-7-18-13)12(19-20)14(22)21(16)17/h1-7H,8,16H2. The molecule has 0 spiro atoms. The third kappa shape index (κ3) is 2.41. The van der Waals surface area contributed by atoms with Crippen molar-refractivity contribution in [3.8, 4) is 0 Å². The highest BCUT2D eigenvalue weighted by Crippen LogP contribution is 2.19. The Balaban J connectivity index is 2.11. The number of amides is 1. The molecule has 0 unspecified atom stereocenters. The summed E-state index contributed by atoms with van der Waals surface area (Å²) >= 11 is 0. The van der Waals surface area contributed by atoms with Crippen LogP contribution in [-0.4, -0.2) is 25.8 Å². The largest absolute Gasteiger partial charge is 0.306 e. The lowest BCUT2D eigenvalue weighted by atomic mass is 10.2. The predicted molar refractivity (Wildman–Crippen MR) is 75.5 cm³/mol. The fourth-order valence-corrected chi connectivity index (χ4v) is 2.17. The number of halogens is 1. The Labute approximate surface area is 124 Å². The average Bonchev–Trinajstić information content (AvgIpc) is 2.88. The topological polar surface area (TPSA) is 99.3 Å². The number of nitrogens with zero attached hydrogens (tertiary/aromatic N) is 5. The summed E-state index contributed by atoms with van der Waals surface area (Å²) in [4.78, 5) is 16.0. The van der Waals surface area contributed by atoms with E-state index in [-0.39, 0.29) is 23.2 Å². The van der Waals surface area contributed by atoms with Gasteiger partial charge in [0.1, 0.15) is 5.82 Å². The molecule has 2 heterocycles. The van der Waals surface area contributed by atoms with Gasteiger partial charge in [0.05, 0.1) is 11.9 Å². The molecule has 3 rings (SSSR count). The maximum atomic E-state index is 13.8. The lowest BCUT2D eigenvalue weighted by Gasteiger charge is -2.04. The Morgan fingerprint density at radius 1 is 1.32 bits per heavy atom. The molecule has 8 heteroatoms. The number of carbonyl (C=O) groups is 1. The van der Waals surface area contributed by atoms with Gasteiger partial charge in [0.25, 0.3) is 0 Å². The molecule has 2 aromatic heterocycles. The summed E-state index contributed by atoms with van der Waals surface area (Å²) < 4.78 is 15.2. The molecule has 7 nitrogen and oxygen atoms in total. The Morgan fingerprint density at radius 2 is 2.09 bits per heavy atom. The summed E-state index contributed by atoms with van der Waals surface area (Å²) in [5.74, 6) is 12.9. The van der Waals surface area contributed by atoms with Crippen LogP contribution in [0.5, 0.6) is 0 Å². The highest BCUT2D eigenvalue weighted by Gasteiger charge is 2.21. The highest BCUT2D eigenvalue weighted by molar-refractivity contribution is 6.03. The number of fused-ring (bicyclic) bond motifs is 1. The molecular formula is C14H11FN6O. The predicted octanol–water partition coefficient (Wildman–Crippen LogP) is 0.918. The highest BCUT2D eigenvalue weighted by atomic mass is 19.1. The third-order valence-corrected chi connectivity index (χ3v) is 3.20. The fourth-order valence-electron chi connectivity index (χ4n) is 2.17. The summed E-state index contributed by atoms with van der Waals surface area (Å²) in [6, 6.07) is 9.52. The van der Waals surface area contributed by atoms with Crippen LogP contribution < -0.4 is 11.7 Å². The van der Waals surface area contributed by atoms with Crippen LogP contribution in [0.15, 0.2) is 42.6 Å². The van der Waals surface area contributed by atoms with Crippen LogP contribution in [0.3, 0.4) is 0 Å². The molecule has 1 amide bonds. The molecule has 0 aliphatic heterocycles. The summed E-state index contributed by atoms with van der Waals surface area (Å²) in [5, 5.41) is 4.49. The van der Waals surface area contributed by atoms with Crippen LogP contribution in [-0.2, 0) is 6.54 Å². The minimum Gasteiger partial charge on any atom is -0.264 e. The van der Waals surface area contributed by atoms with Crippen LogP contribution in [0.2, 0.25) is 0 Å². The number of pyridine rings is 1. The first-order chi connectivity index (χ1) is 10.6. The molecule has 22 heavy (non-hydrogen) atoms. The number of hydrogen-bond donors (Lipinski definition) is 1. The van der Waals surface area contributed by atoms with E-state index in [1.807, 2.05) is 0 Å². The van der Waals surface area contributed by atoms with E-state index in [0.717, 1.165) is 0 Å². The molecule has 0 bridgehead atoms. The van der Waals surface area contributed by atoms with Gasteiger partial charge in [-0.2, -0.15) is 10.2 Å². The third-order valence-electron chi connectivity index (χ3n) is 3.20. The minimum atomic E-state index is -0.870.